The van der Waals surface area contributed by atoms with Crippen LogP contribution in [0.1, 0.15) is 71.5 Å². The van der Waals surface area contributed by atoms with Gasteiger partial charge >= 0.3 is 12.4 Å². The molecule has 2 aromatic carbocycles. The number of guanidine groups is 1. The number of likely N-dealkylation sites (tertiary alicyclic amines) is 1. The van der Waals surface area contributed by atoms with Crippen molar-refractivity contribution >= 4 is 17.9 Å². The van der Waals surface area contributed by atoms with Gasteiger partial charge in [0.2, 0.25) is 5.96 Å². The number of hydrogen-bond donors (Lipinski definition) is 1. The Morgan fingerprint density at radius 2 is 1.65 bits per heavy atom. The Hall–Kier alpha value is -4.19. The molecule has 2 heterocycles. The average molecular weight is 681 g/mol. The maximum Gasteiger partial charge on any atom is 0.416 e. The average Bonchev–Trinajstić information content (AvgIpc) is 3.18. The lowest BCUT2D eigenvalue weighted by atomic mass is 9.93. The highest BCUT2D eigenvalue weighted by Crippen LogP contribution is 2.42. The van der Waals surface area contributed by atoms with Gasteiger partial charge in [0.1, 0.15) is 6.29 Å². The molecule has 2 aromatic rings. The summed E-state index contributed by atoms with van der Waals surface area (Å²) in [7, 11) is 3.51. The van der Waals surface area contributed by atoms with Crippen LogP contribution in [0.4, 0.5) is 32.0 Å². The zero-order valence-electron chi connectivity index (χ0n) is 27.6. The van der Waals surface area contributed by atoms with Gasteiger partial charge in [0.25, 0.3) is 0 Å². The van der Waals surface area contributed by atoms with E-state index >= 15 is 0 Å². The largest absolute Gasteiger partial charge is 0.416 e. The van der Waals surface area contributed by atoms with E-state index in [1.54, 1.807) is 11.0 Å². The van der Waals surface area contributed by atoms with Gasteiger partial charge in [-0.1, -0.05) is 22.8 Å². The molecule has 9 nitrogen and oxygen atoms in total. The van der Waals surface area contributed by atoms with Gasteiger partial charge < -0.3 is 25.2 Å². The zero-order valence-corrected chi connectivity index (χ0v) is 27.6. The molecule has 4 rings (SSSR count). The SMILES string of the molecule is CN=N/N=C(\N)N(Cc1cc(C(F)(F)F)cc(C(F)(F)F)c1)C1CCCN(CC2CCN(C)CC2)c2c(C)cc(C)cc21.N#CCC=O. The van der Waals surface area contributed by atoms with Crippen LogP contribution in [-0.4, -0.2) is 62.3 Å². The number of nitriles is 1. The molecular weight excluding hydrogens is 638 g/mol. The molecule has 1 saturated heterocycles. The number of rotatable bonds is 7. The number of carbonyl (C=O) groups excluding carboxylic acids is 1. The van der Waals surface area contributed by atoms with Gasteiger partial charge in [-0.05, 0) is 106 Å². The van der Waals surface area contributed by atoms with E-state index in [0.717, 1.165) is 80.0 Å². The maximum absolute atomic E-state index is 13.7. The summed E-state index contributed by atoms with van der Waals surface area (Å²) in [6.45, 7) is 7.36. The normalized spacial score (nSPS) is 18.1. The number of aryl methyl sites for hydroxylation is 2. The number of fused-ring (bicyclic) bond motifs is 1. The summed E-state index contributed by atoms with van der Waals surface area (Å²) < 4.78 is 82.1. The molecular formula is C33H42F6N8O. The van der Waals surface area contributed by atoms with Crippen molar-refractivity contribution in [1.82, 2.24) is 9.80 Å². The van der Waals surface area contributed by atoms with Crippen LogP contribution in [0.25, 0.3) is 0 Å². The van der Waals surface area contributed by atoms with Crippen molar-refractivity contribution in [2.75, 3.05) is 45.2 Å². The molecule has 262 valence electrons. The first-order valence-electron chi connectivity index (χ1n) is 15.6. The first kappa shape index (κ1) is 38.3. The molecule has 0 bridgehead atoms. The second-order valence-electron chi connectivity index (χ2n) is 12.2. The third-order valence-corrected chi connectivity index (χ3v) is 8.45. The van der Waals surface area contributed by atoms with E-state index < -0.39 is 29.5 Å². The summed E-state index contributed by atoms with van der Waals surface area (Å²) in [5, 5.41) is 18.8. The number of halogens is 6. The molecule has 2 N–H and O–H groups in total. The molecule has 0 spiro atoms. The summed E-state index contributed by atoms with van der Waals surface area (Å²) >= 11 is 0. The minimum absolute atomic E-state index is 0.0139. The molecule has 1 fully saturated rings. The number of piperidine rings is 1. The van der Waals surface area contributed by atoms with Crippen LogP contribution in [0.5, 0.6) is 0 Å². The summed E-state index contributed by atoms with van der Waals surface area (Å²) in [6, 6.07) is 6.91. The summed E-state index contributed by atoms with van der Waals surface area (Å²) in [5.74, 6) is 0.371. The van der Waals surface area contributed by atoms with Crippen molar-refractivity contribution in [3.63, 3.8) is 0 Å². The van der Waals surface area contributed by atoms with Crippen LogP contribution in [0.2, 0.25) is 0 Å². The minimum atomic E-state index is -4.96. The van der Waals surface area contributed by atoms with Gasteiger partial charge in [-0.3, -0.25) is 0 Å². The topological polar surface area (TPSA) is 114 Å². The Bertz CT molecular complexity index is 1460. The summed E-state index contributed by atoms with van der Waals surface area (Å²) in [6.07, 6.45) is -5.88. The van der Waals surface area contributed by atoms with Crippen molar-refractivity contribution in [3.8, 4) is 6.07 Å². The molecule has 0 saturated carbocycles. The van der Waals surface area contributed by atoms with Crippen LogP contribution >= 0.6 is 0 Å². The van der Waals surface area contributed by atoms with Gasteiger partial charge in [0.15, 0.2) is 0 Å². The molecule has 1 unspecified atom stereocenters. The van der Waals surface area contributed by atoms with Crippen molar-refractivity contribution in [2.45, 2.75) is 70.9 Å². The van der Waals surface area contributed by atoms with Crippen LogP contribution in [0, 0.1) is 31.1 Å². The second kappa shape index (κ2) is 16.8. The minimum Gasteiger partial charge on any atom is -0.371 e. The van der Waals surface area contributed by atoms with E-state index in [4.69, 9.17) is 11.0 Å². The molecule has 1 atom stereocenters. The molecule has 0 amide bonds. The highest BCUT2D eigenvalue weighted by molar-refractivity contribution is 5.79. The van der Waals surface area contributed by atoms with Crippen molar-refractivity contribution in [3.05, 3.63) is 63.7 Å². The molecule has 2 aliphatic heterocycles. The number of anilines is 1. The van der Waals surface area contributed by atoms with Crippen LogP contribution < -0.4 is 10.6 Å². The summed E-state index contributed by atoms with van der Waals surface area (Å²) in [5.41, 5.74) is 7.42. The highest BCUT2D eigenvalue weighted by Gasteiger charge is 2.38. The molecule has 48 heavy (non-hydrogen) atoms. The van der Waals surface area contributed by atoms with E-state index in [9.17, 15) is 31.1 Å². The zero-order chi connectivity index (χ0) is 35.6. The number of aldehydes is 1. The molecule has 0 aromatic heterocycles. The third-order valence-electron chi connectivity index (χ3n) is 8.45. The Morgan fingerprint density at radius 3 is 2.17 bits per heavy atom. The predicted octanol–water partition coefficient (Wildman–Crippen LogP) is 7.24. The second-order valence-corrected chi connectivity index (χ2v) is 12.2. The number of nitrogens with zero attached hydrogens (tertiary/aromatic N) is 7. The summed E-state index contributed by atoms with van der Waals surface area (Å²) in [4.78, 5) is 15.5. The van der Waals surface area contributed by atoms with E-state index in [1.807, 2.05) is 19.9 Å². The van der Waals surface area contributed by atoms with E-state index in [0.29, 0.717) is 18.6 Å². The number of benzene rings is 2. The molecule has 15 heteroatoms. The number of hydrogen-bond acceptors (Lipinski definition) is 6. The molecule has 0 radical (unpaired) electrons. The fraction of sp³-hybridized carbons (Fsp3) is 0.545. The lowest BCUT2D eigenvalue weighted by Crippen LogP contribution is -2.40. The standard InChI is InChI=1S/C30H39F6N7.C3H3NO/c1-19-12-20(2)27-25(13-19)26(6-5-9-42(27)17-21-7-10-41(4)11-8-21)43(28(37)39-40-38-3)18-22-14-23(29(31,32)33)16-24(15-22)30(34,35)36;4-2-1-3-5/h12-16,21,26H,5-11,17-18H2,1-4H3,(H2,37,38,39);3H,1H2. The smallest absolute Gasteiger partial charge is 0.371 e. The number of nitrogens with two attached hydrogens (primary N) is 1. The van der Waals surface area contributed by atoms with Crippen LogP contribution in [0.15, 0.2) is 45.8 Å². The lowest BCUT2D eigenvalue weighted by Gasteiger charge is -2.37. The third kappa shape index (κ3) is 10.4. The highest BCUT2D eigenvalue weighted by atomic mass is 19.4. The van der Waals surface area contributed by atoms with Crippen LogP contribution in [-0.2, 0) is 23.7 Å². The predicted molar refractivity (Wildman–Crippen MR) is 171 cm³/mol. The maximum atomic E-state index is 13.7. The molecule has 0 aliphatic carbocycles. The monoisotopic (exact) mass is 680 g/mol. The fourth-order valence-electron chi connectivity index (χ4n) is 6.33. The Morgan fingerprint density at radius 1 is 1.02 bits per heavy atom. The van der Waals surface area contributed by atoms with Gasteiger partial charge in [0.05, 0.1) is 36.7 Å². The number of alkyl halides is 6. The quantitative estimate of drug-likeness (QED) is 0.0824. The Balaban J connectivity index is 0.00000116. The lowest BCUT2D eigenvalue weighted by molar-refractivity contribution is -0.143. The van der Waals surface area contributed by atoms with Crippen molar-refractivity contribution in [2.24, 2.45) is 27.1 Å². The first-order valence-corrected chi connectivity index (χ1v) is 15.6. The van der Waals surface area contributed by atoms with Gasteiger partial charge in [-0.2, -0.15) is 36.7 Å². The Kier molecular flexibility index (Phi) is 13.4. The van der Waals surface area contributed by atoms with Crippen LogP contribution in [0.3, 0.4) is 0 Å². The van der Waals surface area contributed by atoms with Gasteiger partial charge in [-0.15, -0.1) is 0 Å². The molecule has 2 aliphatic rings. The van der Waals surface area contributed by atoms with E-state index in [1.165, 1.54) is 7.05 Å². The first-order chi connectivity index (χ1) is 22.6. The van der Waals surface area contributed by atoms with Crippen molar-refractivity contribution in [1.29, 1.82) is 5.26 Å². The Labute approximate surface area is 277 Å². The van der Waals surface area contributed by atoms with Gasteiger partial charge in [0, 0.05) is 25.3 Å². The number of carbonyl (C=O) groups is 1. The van der Waals surface area contributed by atoms with E-state index in [-0.39, 0.29) is 30.6 Å². The van der Waals surface area contributed by atoms with E-state index in [2.05, 4.69) is 38.4 Å². The van der Waals surface area contributed by atoms with Crippen molar-refractivity contribution < 1.29 is 31.1 Å². The fourth-order valence-corrected chi connectivity index (χ4v) is 6.33. The van der Waals surface area contributed by atoms with Gasteiger partial charge in [-0.25, -0.2) is 0 Å².